The van der Waals surface area contributed by atoms with Crippen molar-refractivity contribution in [2.45, 2.75) is 13.8 Å². The van der Waals surface area contributed by atoms with E-state index in [1.54, 1.807) is 42.1 Å². The van der Waals surface area contributed by atoms with E-state index in [-0.39, 0.29) is 5.91 Å². The van der Waals surface area contributed by atoms with Crippen LogP contribution in [-0.2, 0) is 0 Å². The molecule has 0 bridgehead atoms. The number of carbonyl (C=O) groups excluding carboxylic acids is 1. The van der Waals surface area contributed by atoms with E-state index in [0.29, 0.717) is 29.5 Å². The number of benzene rings is 1. The summed E-state index contributed by atoms with van der Waals surface area (Å²) in [5.74, 6) is 0.883. The number of fused-ring (bicyclic) bond motifs is 1. The maximum Gasteiger partial charge on any atom is 0.276 e. The normalized spacial score (nSPS) is 11.1. The van der Waals surface area contributed by atoms with Crippen molar-refractivity contribution in [1.29, 1.82) is 0 Å². The highest BCUT2D eigenvalue weighted by Crippen LogP contribution is 2.30. The van der Waals surface area contributed by atoms with E-state index >= 15 is 0 Å². The van der Waals surface area contributed by atoms with Crippen LogP contribution < -0.4 is 14.8 Å². The molecule has 0 fully saturated rings. The van der Waals surface area contributed by atoms with E-state index in [1.807, 2.05) is 32.8 Å². The summed E-state index contributed by atoms with van der Waals surface area (Å²) in [7, 11) is 5.54. The second kappa shape index (κ2) is 8.26. The van der Waals surface area contributed by atoms with Gasteiger partial charge in [-0.3, -0.25) is 4.79 Å². The number of nitrogens with one attached hydrogen (secondary N) is 1. The average Bonchev–Trinajstić information content (AvgIpc) is 3.02. The van der Waals surface area contributed by atoms with E-state index in [4.69, 9.17) is 9.47 Å². The van der Waals surface area contributed by atoms with Gasteiger partial charge in [-0.1, -0.05) is 0 Å². The van der Waals surface area contributed by atoms with Crippen LogP contribution in [0.4, 0.5) is 5.69 Å². The van der Waals surface area contributed by atoms with Crippen molar-refractivity contribution in [1.82, 2.24) is 19.5 Å². The van der Waals surface area contributed by atoms with E-state index in [9.17, 15) is 4.79 Å². The Kier molecular flexibility index (Phi) is 5.79. The third-order valence-electron chi connectivity index (χ3n) is 4.18. The number of rotatable bonds is 7. The zero-order valence-corrected chi connectivity index (χ0v) is 16.8. The van der Waals surface area contributed by atoms with Gasteiger partial charge in [0.25, 0.3) is 5.91 Å². The number of anilines is 1. The SMILES string of the molecule is COc1ccc(NC(=O)c2cc(C)c3nc(C)cn3n2)cc1OCCN(C)C. The number of nitrogens with zero attached hydrogens (tertiary/aromatic N) is 4. The van der Waals surface area contributed by atoms with Gasteiger partial charge in [-0.25, -0.2) is 9.50 Å². The van der Waals surface area contributed by atoms with Crippen LogP contribution in [0, 0.1) is 13.8 Å². The first kappa shape index (κ1) is 19.6. The van der Waals surface area contributed by atoms with Crippen LogP contribution in [0.3, 0.4) is 0 Å². The zero-order chi connectivity index (χ0) is 20.3. The Labute approximate surface area is 164 Å². The minimum Gasteiger partial charge on any atom is -0.493 e. The topological polar surface area (TPSA) is 81.0 Å². The molecule has 0 saturated carbocycles. The predicted molar refractivity (Wildman–Crippen MR) is 107 cm³/mol. The lowest BCUT2D eigenvalue weighted by molar-refractivity contribution is 0.102. The number of imidazole rings is 1. The van der Waals surface area contributed by atoms with Crippen molar-refractivity contribution in [3.63, 3.8) is 0 Å². The molecule has 0 aliphatic heterocycles. The van der Waals surface area contributed by atoms with E-state index in [0.717, 1.165) is 23.4 Å². The molecule has 3 rings (SSSR count). The second-order valence-corrected chi connectivity index (χ2v) is 6.83. The molecule has 2 heterocycles. The third-order valence-corrected chi connectivity index (χ3v) is 4.18. The fourth-order valence-electron chi connectivity index (χ4n) is 2.76. The molecule has 8 nitrogen and oxygen atoms in total. The van der Waals surface area contributed by atoms with E-state index < -0.39 is 0 Å². The van der Waals surface area contributed by atoms with Crippen molar-refractivity contribution in [2.24, 2.45) is 0 Å². The lowest BCUT2D eigenvalue weighted by atomic mass is 10.2. The number of amides is 1. The zero-order valence-electron chi connectivity index (χ0n) is 16.8. The number of methoxy groups -OCH3 is 1. The van der Waals surface area contributed by atoms with Gasteiger partial charge in [-0.05, 0) is 51.7 Å². The van der Waals surface area contributed by atoms with Crippen LogP contribution in [0.2, 0.25) is 0 Å². The average molecular weight is 383 g/mol. The van der Waals surface area contributed by atoms with Crippen LogP contribution in [0.15, 0.2) is 30.5 Å². The minimum absolute atomic E-state index is 0.305. The highest BCUT2D eigenvalue weighted by atomic mass is 16.5. The first-order valence-electron chi connectivity index (χ1n) is 8.98. The standard InChI is InChI=1S/C20H25N5O3/c1-13-10-16(23-25-12-14(2)21-19(13)25)20(26)22-15-6-7-17(27-5)18(11-15)28-9-8-24(3)4/h6-7,10-12H,8-9H2,1-5H3,(H,22,26). The largest absolute Gasteiger partial charge is 0.493 e. The summed E-state index contributed by atoms with van der Waals surface area (Å²) in [5.41, 5.74) is 3.40. The molecule has 1 amide bonds. The second-order valence-electron chi connectivity index (χ2n) is 6.83. The summed E-state index contributed by atoms with van der Waals surface area (Å²) in [5, 5.41) is 7.23. The van der Waals surface area contributed by atoms with Gasteiger partial charge in [0.15, 0.2) is 17.1 Å². The van der Waals surface area contributed by atoms with Crippen LogP contribution in [0.25, 0.3) is 5.65 Å². The number of ether oxygens (including phenoxy) is 2. The molecule has 0 aliphatic rings. The highest BCUT2D eigenvalue weighted by molar-refractivity contribution is 6.03. The van der Waals surface area contributed by atoms with Gasteiger partial charge in [0, 0.05) is 18.3 Å². The number of likely N-dealkylation sites (N-methyl/N-ethyl adjacent to an activating group) is 1. The molecular formula is C20H25N5O3. The molecule has 0 atom stereocenters. The van der Waals surface area contributed by atoms with Gasteiger partial charge < -0.3 is 19.7 Å². The smallest absolute Gasteiger partial charge is 0.276 e. The van der Waals surface area contributed by atoms with Gasteiger partial charge in [-0.2, -0.15) is 5.10 Å². The van der Waals surface area contributed by atoms with E-state index in [1.165, 1.54) is 0 Å². The number of hydrogen-bond acceptors (Lipinski definition) is 6. The third kappa shape index (κ3) is 4.40. The molecule has 1 N–H and O–H groups in total. The molecule has 0 unspecified atom stereocenters. The molecule has 2 aromatic heterocycles. The summed E-state index contributed by atoms with van der Waals surface area (Å²) in [4.78, 5) is 19.1. The number of aryl methyl sites for hydroxylation is 2. The first-order chi connectivity index (χ1) is 13.4. The molecule has 0 radical (unpaired) electrons. The van der Waals surface area contributed by atoms with Crippen LogP contribution in [0.1, 0.15) is 21.7 Å². The summed E-state index contributed by atoms with van der Waals surface area (Å²) in [6.07, 6.45) is 1.79. The highest BCUT2D eigenvalue weighted by Gasteiger charge is 2.14. The Morgan fingerprint density at radius 1 is 1.21 bits per heavy atom. The fraction of sp³-hybridized carbons (Fsp3) is 0.350. The molecule has 28 heavy (non-hydrogen) atoms. The lowest BCUT2D eigenvalue weighted by Gasteiger charge is -2.15. The molecule has 8 heteroatoms. The van der Waals surface area contributed by atoms with Gasteiger partial charge in [0.2, 0.25) is 0 Å². The Morgan fingerprint density at radius 3 is 2.71 bits per heavy atom. The van der Waals surface area contributed by atoms with Crippen molar-refractivity contribution in [2.75, 3.05) is 39.7 Å². The Hall–Kier alpha value is -3.13. The molecule has 148 valence electrons. The van der Waals surface area contributed by atoms with E-state index in [2.05, 4.69) is 15.4 Å². The quantitative estimate of drug-likeness (QED) is 0.675. The van der Waals surface area contributed by atoms with Gasteiger partial charge in [0.05, 0.1) is 19.0 Å². The summed E-state index contributed by atoms with van der Waals surface area (Å²) >= 11 is 0. The molecule has 0 saturated heterocycles. The fourth-order valence-corrected chi connectivity index (χ4v) is 2.76. The monoisotopic (exact) mass is 383 g/mol. The minimum atomic E-state index is -0.305. The molecule has 1 aromatic carbocycles. The molecular weight excluding hydrogens is 358 g/mol. The van der Waals surface area contributed by atoms with Gasteiger partial charge in [-0.15, -0.1) is 0 Å². The van der Waals surface area contributed by atoms with Gasteiger partial charge in [0.1, 0.15) is 12.3 Å². The Bertz CT molecular complexity index is 997. The summed E-state index contributed by atoms with van der Waals surface area (Å²) in [6, 6.07) is 7.01. The van der Waals surface area contributed by atoms with Gasteiger partial charge >= 0.3 is 0 Å². The van der Waals surface area contributed by atoms with Crippen molar-refractivity contribution in [3.05, 3.63) is 47.4 Å². The summed E-state index contributed by atoms with van der Waals surface area (Å²) < 4.78 is 12.8. The maximum absolute atomic E-state index is 12.7. The Balaban J connectivity index is 1.79. The van der Waals surface area contributed by atoms with Crippen LogP contribution in [0.5, 0.6) is 11.5 Å². The first-order valence-corrected chi connectivity index (χ1v) is 8.98. The van der Waals surface area contributed by atoms with Crippen LogP contribution >= 0.6 is 0 Å². The Morgan fingerprint density at radius 2 is 2.00 bits per heavy atom. The number of hydrogen-bond donors (Lipinski definition) is 1. The maximum atomic E-state index is 12.7. The predicted octanol–water partition coefficient (Wildman–Crippen LogP) is 2.55. The molecule has 0 aliphatic carbocycles. The molecule has 0 spiro atoms. The number of carbonyl (C=O) groups is 1. The van der Waals surface area contributed by atoms with Crippen molar-refractivity contribution >= 4 is 17.2 Å². The van der Waals surface area contributed by atoms with Crippen molar-refractivity contribution < 1.29 is 14.3 Å². The van der Waals surface area contributed by atoms with Crippen LogP contribution in [-0.4, -0.2) is 59.8 Å². The molecule has 3 aromatic rings. The van der Waals surface area contributed by atoms with Crippen molar-refractivity contribution in [3.8, 4) is 11.5 Å². The summed E-state index contributed by atoms with van der Waals surface area (Å²) in [6.45, 7) is 5.08. The number of aromatic nitrogens is 3. The lowest BCUT2D eigenvalue weighted by Crippen LogP contribution is -2.19.